The molecule has 0 heterocycles. The normalized spacial score (nSPS) is 10.2. The van der Waals surface area contributed by atoms with Crippen molar-refractivity contribution in [2.45, 2.75) is 105 Å². The minimum Gasteiger partial charge on any atom is -0.213 e. The summed E-state index contributed by atoms with van der Waals surface area (Å²) < 4.78 is 0. The van der Waals surface area contributed by atoms with Gasteiger partial charge in [0.1, 0.15) is 0 Å². The van der Waals surface area contributed by atoms with Crippen molar-refractivity contribution < 1.29 is 17.1 Å². The summed E-state index contributed by atoms with van der Waals surface area (Å²) in [5.41, 5.74) is 6.36. The Morgan fingerprint density at radius 1 is 0.704 bits per heavy atom. The fourth-order valence-corrected chi connectivity index (χ4v) is 3.36. The molecule has 0 spiro atoms. The van der Waals surface area contributed by atoms with Gasteiger partial charge in [-0.25, -0.2) is 18.2 Å². The van der Waals surface area contributed by atoms with E-state index in [2.05, 4.69) is 64.1 Å². The molecule has 154 valence electrons. The molecule has 0 saturated heterocycles. The number of rotatable bonds is 12. The summed E-state index contributed by atoms with van der Waals surface area (Å²) in [6.45, 7) is 9.07. The third kappa shape index (κ3) is 11.6. The maximum absolute atomic E-state index is 2.48. The number of unbranched alkanes of at least 4 members (excludes halogenated alkanes) is 4. The third-order valence-electron chi connectivity index (χ3n) is 5.10. The standard InChI is InChI=1S/C17H29.C9H13.Fe/c1-4-7-10-15-13-16(11-8-5-2)17(14-15)12-9-6-3;1-2-3-6-9-7-4-5-8-9;/h13-14H,4-12H2,1-3H3;4-5,7-8H,2-3,6H2,1H3;/q2*-1;+2. The zero-order valence-corrected chi connectivity index (χ0v) is 19.4. The van der Waals surface area contributed by atoms with Gasteiger partial charge in [0.15, 0.2) is 0 Å². The van der Waals surface area contributed by atoms with Gasteiger partial charge in [0.2, 0.25) is 0 Å². The van der Waals surface area contributed by atoms with Crippen LogP contribution in [0.4, 0.5) is 0 Å². The maximum atomic E-state index is 2.48. The summed E-state index contributed by atoms with van der Waals surface area (Å²) in [4.78, 5) is 0. The van der Waals surface area contributed by atoms with Crippen LogP contribution >= 0.6 is 0 Å². The third-order valence-corrected chi connectivity index (χ3v) is 5.10. The van der Waals surface area contributed by atoms with Crippen molar-refractivity contribution in [3.05, 3.63) is 58.7 Å². The van der Waals surface area contributed by atoms with Crippen molar-refractivity contribution in [2.75, 3.05) is 0 Å². The minimum atomic E-state index is 0. The van der Waals surface area contributed by atoms with E-state index in [0.29, 0.717) is 0 Å². The molecule has 2 aromatic rings. The number of hydrogen-bond acceptors (Lipinski definition) is 0. The van der Waals surface area contributed by atoms with Crippen molar-refractivity contribution >= 4 is 0 Å². The molecule has 0 nitrogen and oxygen atoms in total. The summed E-state index contributed by atoms with van der Waals surface area (Å²) in [6.07, 6.45) is 15.7. The van der Waals surface area contributed by atoms with Crippen molar-refractivity contribution in [1.82, 2.24) is 0 Å². The second kappa shape index (κ2) is 17.3. The summed E-state index contributed by atoms with van der Waals surface area (Å²) >= 11 is 0. The van der Waals surface area contributed by atoms with Gasteiger partial charge in [-0.3, -0.25) is 0 Å². The summed E-state index contributed by atoms with van der Waals surface area (Å²) in [7, 11) is 0. The average Bonchev–Trinajstić information content (AvgIpc) is 3.31. The first kappa shape index (κ1) is 26.2. The van der Waals surface area contributed by atoms with Gasteiger partial charge in [0.05, 0.1) is 0 Å². The van der Waals surface area contributed by atoms with Crippen LogP contribution in [-0.2, 0) is 42.8 Å². The Labute approximate surface area is 180 Å². The largest absolute Gasteiger partial charge is 2.00 e. The molecule has 0 amide bonds. The van der Waals surface area contributed by atoms with E-state index in [-0.39, 0.29) is 17.1 Å². The average molecular weight is 410 g/mol. The topological polar surface area (TPSA) is 0 Å². The summed E-state index contributed by atoms with van der Waals surface area (Å²) in [6, 6.07) is 13.5. The molecular formula is C26H42Fe. The van der Waals surface area contributed by atoms with E-state index in [1.165, 1.54) is 82.6 Å². The minimum absolute atomic E-state index is 0. The Morgan fingerprint density at radius 3 is 1.81 bits per heavy atom. The molecule has 2 rings (SSSR count). The molecule has 0 fully saturated rings. The smallest absolute Gasteiger partial charge is 0.213 e. The first-order chi connectivity index (χ1) is 12.7. The van der Waals surface area contributed by atoms with E-state index in [0.717, 1.165) is 0 Å². The molecule has 0 saturated carbocycles. The monoisotopic (exact) mass is 410 g/mol. The van der Waals surface area contributed by atoms with Crippen LogP contribution in [0.3, 0.4) is 0 Å². The second-order valence-corrected chi connectivity index (χ2v) is 7.62. The van der Waals surface area contributed by atoms with Gasteiger partial charge >= 0.3 is 17.1 Å². The van der Waals surface area contributed by atoms with Crippen LogP contribution in [0.25, 0.3) is 0 Å². The molecule has 0 radical (unpaired) electrons. The van der Waals surface area contributed by atoms with Crippen molar-refractivity contribution in [1.29, 1.82) is 0 Å². The Balaban J connectivity index is 0.000000572. The first-order valence-corrected chi connectivity index (χ1v) is 11.2. The van der Waals surface area contributed by atoms with E-state index in [4.69, 9.17) is 0 Å². The van der Waals surface area contributed by atoms with Crippen LogP contribution in [0.15, 0.2) is 36.4 Å². The molecule has 0 aliphatic heterocycles. The van der Waals surface area contributed by atoms with Crippen LogP contribution in [-0.4, -0.2) is 0 Å². The van der Waals surface area contributed by atoms with Gasteiger partial charge in [-0.05, 0) is 0 Å². The molecule has 0 unspecified atom stereocenters. The predicted molar refractivity (Wildman–Crippen MR) is 119 cm³/mol. The molecule has 0 aromatic heterocycles. The molecule has 0 bridgehead atoms. The van der Waals surface area contributed by atoms with Crippen molar-refractivity contribution in [3.63, 3.8) is 0 Å². The Morgan fingerprint density at radius 2 is 1.26 bits per heavy atom. The van der Waals surface area contributed by atoms with Gasteiger partial charge in [-0.2, -0.15) is 40.5 Å². The fourth-order valence-electron chi connectivity index (χ4n) is 3.36. The van der Waals surface area contributed by atoms with Crippen LogP contribution in [0, 0.1) is 0 Å². The fraction of sp³-hybridized carbons (Fsp3) is 0.615. The predicted octanol–water partition coefficient (Wildman–Crippen LogP) is 8.18. The van der Waals surface area contributed by atoms with Gasteiger partial charge < -0.3 is 0 Å². The molecule has 0 aliphatic rings. The molecule has 2 aromatic carbocycles. The van der Waals surface area contributed by atoms with Crippen molar-refractivity contribution in [3.8, 4) is 0 Å². The Bertz CT molecular complexity index is 507. The molecule has 27 heavy (non-hydrogen) atoms. The number of hydrogen-bond donors (Lipinski definition) is 0. The van der Waals surface area contributed by atoms with Crippen LogP contribution in [0.5, 0.6) is 0 Å². The Hall–Kier alpha value is -0.781. The molecule has 0 N–H and O–H groups in total. The maximum Gasteiger partial charge on any atom is 2.00 e. The molecule has 0 aliphatic carbocycles. The van der Waals surface area contributed by atoms with E-state index in [1.807, 2.05) is 0 Å². The van der Waals surface area contributed by atoms with Crippen molar-refractivity contribution in [2.24, 2.45) is 0 Å². The zero-order valence-electron chi connectivity index (χ0n) is 18.3. The van der Waals surface area contributed by atoms with Crippen LogP contribution < -0.4 is 0 Å². The van der Waals surface area contributed by atoms with Crippen LogP contribution in [0.2, 0.25) is 0 Å². The van der Waals surface area contributed by atoms with Gasteiger partial charge in [0.25, 0.3) is 0 Å². The molecule has 0 atom stereocenters. The molecule has 1 heteroatoms. The second-order valence-electron chi connectivity index (χ2n) is 7.62. The summed E-state index contributed by atoms with van der Waals surface area (Å²) in [5, 5.41) is 0. The first-order valence-electron chi connectivity index (χ1n) is 11.2. The number of aryl methyl sites for hydroxylation is 4. The van der Waals surface area contributed by atoms with Gasteiger partial charge in [-0.1, -0.05) is 105 Å². The summed E-state index contributed by atoms with van der Waals surface area (Å²) in [5.74, 6) is 0. The van der Waals surface area contributed by atoms with E-state index >= 15 is 0 Å². The van der Waals surface area contributed by atoms with Gasteiger partial charge in [0, 0.05) is 0 Å². The van der Waals surface area contributed by atoms with E-state index in [9.17, 15) is 0 Å². The van der Waals surface area contributed by atoms with Gasteiger partial charge in [-0.15, -0.1) is 0 Å². The quantitative estimate of drug-likeness (QED) is 0.244. The van der Waals surface area contributed by atoms with Crippen LogP contribution in [0.1, 0.15) is 101 Å². The van der Waals surface area contributed by atoms with E-state index in [1.54, 1.807) is 16.7 Å². The Kier molecular flexibility index (Phi) is 16.8. The van der Waals surface area contributed by atoms with E-state index < -0.39 is 0 Å². The SMILES string of the molecule is CCCCc1cc(CCCC)c(CCCC)[cH-]1.CCCCc1ccc[cH-]1.[Fe+2]. The molecular weight excluding hydrogens is 368 g/mol. The zero-order chi connectivity index (χ0) is 19.0.